The second kappa shape index (κ2) is 9.34. The van der Waals surface area contributed by atoms with E-state index >= 15 is 0 Å². The number of hydrogen-bond acceptors (Lipinski definition) is 4. The summed E-state index contributed by atoms with van der Waals surface area (Å²) < 4.78 is 6.30. The minimum Gasteiger partial charge on any atom is -0.506 e. The fourth-order valence-corrected chi connectivity index (χ4v) is 5.24. The van der Waals surface area contributed by atoms with E-state index < -0.39 is 18.1 Å². The molecule has 4 rings (SSSR count). The van der Waals surface area contributed by atoms with Gasteiger partial charge in [0.2, 0.25) is 0 Å². The van der Waals surface area contributed by atoms with Crippen molar-refractivity contribution in [2.24, 2.45) is 0 Å². The smallest absolute Gasteiger partial charge is 0.407 e. The number of hydrogen-bond donors (Lipinski definition) is 3. The highest BCUT2D eigenvalue weighted by Crippen LogP contribution is 2.44. The first-order chi connectivity index (χ1) is 15.3. The van der Waals surface area contributed by atoms with E-state index in [1.807, 2.05) is 48.5 Å². The first kappa shape index (κ1) is 22.4. The number of fused-ring (bicyclic) bond motifs is 3. The van der Waals surface area contributed by atoms with Crippen LogP contribution in [0, 0.1) is 0 Å². The second-order valence-electron chi connectivity index (χ2n) is 7.47. The van der Waals surface area contributed by atoms with Crippen LogP contribution in [0.25, 0.3) is 11.1 Å². The van der Waals surface area contributed by atoms with Gasteiger partial charge in [-0.2, -0.15) is 0 Å². The number of carbonyl (C=O) groups is 2. The lowest BCUT2D eigenvalue weighted by molar-refractivity contribution is -0.139. The number of halogens is 2. The number of nitrogens with one attached hydrogen (secondary N) is 1. The third kappa shape index (κ3) is 4.52. The number of rotatable bonds is 6. The predicted molar refractivity (Wildman–Crippen MR) is 127 cm³/mol. The Bertz CT molecular complexity index is 1130. The zero-order valence-corrected chi connectivity index (χ0v) is 19.9. The van der Waals surface area contributed by atoms with Crippen LogP contribution < -0.4 is 5.32 Å². The van der Waals surface area contributed by atoms with Crippen LogP contribution in [0.5, 0.6) is 5.75 Å². The molecule has 1 atom stereocenters. The predicted octanol–water partition coefficient (Wildman–Crippen LogP) is 5.45. The molecule has 0 saturated heterocycles. The van der Waals surface area contributed by atoms with Gasteiger partial charge >= 0.3 is 12.1 Å². The van der Waals surface area contributed by atoms with E-state index in [1.165, 1.54) is 0 Å². The molecule has 3 aromatic rings. The van der Waals surface area contributed by atoms with Crippen molar-refractivity contribution in [1.82, 2.24) is 5.32 Å². The van der Waals surface area contributed by atoms with Crippen molar-refractivity contribution in [3.05, 3.63) is 86.3 Å². The molecule has 1 aliphatic rings. The second-order valence-corrected chi connectivity index (χ2v) is 9.18. The first-order valence-electron chi connectivity index (χ1n) is 9.86. The summed E-state index contributed by atoms with van der Waals surface area (Å²) in [7, 11) is 0. The van der Waals surface area contributed by atoms with E-state index in [2.05, 4.69) is 37.2 Å². The Morgan fingerprint density at radius 2 is 1.50 bits per heavy atom. The molecular weight excluding hydrogens is 542 g/mol. The standard InChI is InChI=1S/C24H19Br2NO5/c25-19-9-13(10-20(26)22(19)28)11-21(23(29)30)27-24(31)32-12-18-16-7-3-1-5-14(16)15-6-2-4-8-17(15)18/h1-10,18,21,28H,11-12H2,(H,27,31)(H,29,30)/t21-/m0/s1. The molecule has 3 N–H and O–H groups in total. The summed E-state index contributed by atoms with van der Waals surface area (Å²) >= 11 is 6.45. The minimum absolute atomic E-state index is 0.0186. The Labute approximate surface area is 201 Å². The van der Waals surface area contributed by atoms with E-state index in [4.69, 9.17) is 4.74 Å². The fourth-order valence-electron chi connectivity index (χ4n) is 3.95. The Morgan fingerprint density at radius 3 is 2.03 bits per heavy atom. The van der Waals surface area contributed by atoms with Crippen molar-refractivity contribution in [2.45, 2.75) is 18.4 Å². The fraction of sp³-hybridized carbons (Fsp3) is 0.167. The maximum absolute atomic E-state index is 12.5. The summed E-state index contributed by atoms with van der Waals surface area (Å²) in [5, 5.41) is 21.8. The molecule has 8 heteroatoms. The van der Waals surface area contributed by atoms with Crippen LogP contribution in [0.4, 0.5) is 4.79 Å². The molecule has 1 aliphatic carbocycles. The number of carboxylic acids is 1. The summed E-state index contributed by atoms with van der Waals surface area (Å²) in [6.07, 6.45) is -0.770. The lowest BCUT2D eigenvalue weighted by Gasteiger charge is -2.18. The normalized spacial score (nSPS) is 13.2. The van der Waals surface area contributed by atoms with Crippen molar-refractivity contribution in [3.8, 4) is 16.9 Å². The van der Waals surface area contributed by atoms with Gasteiger partial charge in [-0.1, -0.05) is 48.5 Å². The van der Waals surface area contributed by atoms with Gasteiger partial charge in [0.05, 0.1) is 8.95 Å². The highest BCUT2D eigenvalue weighted by Gasteiger charge is 2.30. The number of amides is 1. The highest BCUT2D eigenvalue weighted by atomic mass is 79.9. The molecule has 1 amide bonds. The third-order valence-corrected chi connectivity index (χ3v) is 6.66. The van der Waals surface area contributed by atoms with Crippen molar-refractivity contribution in [3.63, 3.8) is 0 Å². The SMILES string of the molecule is O=C(N[C@@H](Cc1cc(Br)c(O)c(Br)c1)C(=O)O)OCC1c2ccccc2-c2ccccc21. The van der Waals surface area contributed by atoms with Gasteiger partial charge in [-0.3, -0.25) is 0 Å². The molecule has 0 aliphatic heterocycles. The molecule has 0 heterocycles. The quantitative estimate of drug-likeness (QED) is 0.372. The van der Waals surface area contributed by atoms with Crippen LogP contribution in [-0.2, 0) is 16.0 Å². The number of benzene rings is 3. The minimum atomic E-state index is -1.19. The maximum atomic E-state index is 12.5. The summed E-state index contributed by atoms with van der Waals surface area (Å²) in [5.41, 5.74) is 5.01. The van der Waals surface area contributed by atoms with Crippen LogP contribution in [0.15, 0.2) is 69.6 Å². The third-order valence-electron chi connectivity index (χ3n) is 5.45. The molecule has 0 spiro atoms. The van der Waals surface area contributed by atoms with Crippen molar-refractivity contribution < 1.29 is 24.5 Å². The first-order valence-corrected chi connectivity index (χ1v) is 11.4. The largest absolute Gasteiger partial charge is 0.506 e. The molecule has 32 heavy (non-hydrogen) atoms. The number of aliphatic carboxylic acids is 1. The Hall–Kier alpha value is -2.84. The zero-order valence-electron chi connectivity index (χ0n) is 16.7. The van der Waals surface area contributed by atoms with Crippen molar-refractivity contribution >= 4 is 43.9 Å². The number of carboxylic acid groups (broad SMARTS) is 1. The lowest BCUT2D eigenvalue weighted by atomic mass is 9.98. The number of carbonyl (C=O) groups excluding carboxylic acids is 1. The van der Waals surface area contributed by atoms with Gasteiger partial charge in [-0.25, -0.2) is 9.59 Å². The van der Waals surface area contributed by atoms with E-state index in [9.17, 15) is 19.8 Å². The van der Waals surface area contributed by atoms with Crippen molar-refractivity contribution in [1.29, 1.82) is 0 Å². The molecule has 164 valence electrons. The molecule has 0 saturated carbocycles. The topological polar surface area (TPSA) is 95.9 Å². The molecule has 0 radical (unpaired) electrons. The van der Waals surface area contributed by atoms with Crippen LogP contribution in [-0.4, -0.2) is 34.9 Å². The maximum Gasteiger partial charge on any atom is 0.407 e. The van der Waals surface area contributed by atoms with Gasteiger partial charge in [0.15, 0.2) is 0 Å². The Balaban J connectivity index is 1.44. The molecular formula is C24H19Br2NO5. The number of phenolic OH excluding ortho intramolecular Hbond substituents is 1. The van der Waals surface area contributed by atoms with Gasteiger partial charge in [-0.05, 0) is 71.8 Å². The Kier molecular flexibility index (Phi) is 6.53. The van der Waals surface area contributed by atoms with Crippen LogP contribution >= 0.6 is 31.9 Å². The molecule has 0 unspecified atom stereocenters. The molecule has 0 fully saturated rings. The van der Waals surface area contributed by atoms with Crippen LogP contribution in [0.3, 0.4) is 0 Å². The zero-order chi connectivity index (χ0) is 22.8. The van der Waals surface area contributed by atoms with E-state index in [0.29, 0.717) is 14.5 Å². The number of phenols is 1. The summed E-state index contributed by atoms with van der Waals surface area (Å²) in [5.74, 6) is -1.27. The van der Waals surface area contributed by atoms with E-state index in [0.717, 1.165) is 22.3 Å². The summed E-state index contributed by atoms with van der Waals surface area (Å²) in [4.78, 5) is 24.2. The van der Waals surface area contributed by atoms with Crippen LogP contribution in [0.2, 0.25) is 0 Å². The lowest BCUT2D eigenvalue weighted by Crippen LogP contribution is -2.42. The van der Waals surface area contributed by atoms with Gasteiger partial charge < -0.3 is 20.3 Å². The number of ether oxygens (including phenoxy) is 1. The van der Waals surface area contributed by atoms with Gasteiger partial charge in [0, 0.05) is 12.3 Å². The van der Waals surface area contributed by atoms with Gasteiger partial charge in [-0.15, -0.1) is 0 Å². The molecule has 0 aromatic heterocycles. The van der Waals surface area contributed by atoms with Crippen molar-refractivity contribution in [2.75, 3.05) is 6.61 Å². The van der Waals surface area contributed by atoms with Gasteiger partial charge in [0.1, 0.15) is 18.4 Å². The van der Waals surface area contributed by atoms with E-state index in [-0.39, 0.29) is 24.7 Å². The number of alkyl carbamates (subject to hydrolysis) is 1. The average molecular weight is 561 g/mol. The molecule has 6 nitrogen and oxygen atoms in total. The molecule has 3 aromatic carbocycles. The number of aromatic hydroxyl groups is 1. The average Bonchev–Trinajstić information content (AvgIpc) is 3.09. The molecule has 0 bridgehead atoms. The van der Waals surface area contributed by atoms with Gasteiger partial charge in [0.25, 0.3) is 0 Å². The monoisotopic (exact) mass is 559 g/mol. The summed E-state index contributed by atoms with van der Waals surface area (Å²) in [6, 6.07) is 18.0. The Morgan fingerprint density at radius 1 is 0.969 bits per heavy atom. The summed E-state index contributed by atoms with van der Waals surface area (Å²) in [6.45, 7) is 0.0997. The van der Waals surface area contributed by atoms with Crippen LogP contribution in [0.1, 0.15) is 22.6 Å². The van der Waals surface area contributed by atoms with E-state index in [1.54, 1.807) is 12.1 Å². The highest BCUT2D eigenvalue weighted by molar-refractivity contribution is 9.11.